The third-order valence-electron chi connectivity index (χ3n) is 2.41. The van der Waals surface area contributed by atoms with Crippen LogP contribution in [0.1, 0.15) is 29.8 Å². The van der Waals surface area contributed by atoms with Crippen LogP contribution in [-0.4, -0.2) is 18.9 Å². The van der Waals surface area contributed by atoms with Crippen molar-refractivity contribution >= 4 is 5.97 Å². The number of aryl methyl sites for hydroxylation is 1. The molecule has 0 fully saturated rings. The predicted molar refractivity (Wildman–Crippen MR) is 57.9 cm³/mol. The highest BCUT2D eigenvalue weighted by molar-refractivity contribution is 5.94. The number of ether oxygens (including phenoxy) is 3. The van der Waals surface area contributed by atoms with Crippen molar-refractivity contribution in [1.29, 1.82) is 0 Å². The van der Waals surface area contributed by atoms with Crippen LogP contribution in [0.15, 0.2) is 12.1 Å². The molecule has 0 aromatic heterocycles. The van der Waals surface area contributed by atoms with Crippen LogP contribution in [0.4, 0.5) is 0 Å². The Labute approximate surface area is 94.1 Å². The molecule has 0 radical (unpaired) electrons. The van der Waals surface area contributed by atoms with Crippen LogP contribution in [0.25, 0.3) is 0 Å². The Hall–Kier alpha value is -1.71. The van der Waals surface area contributed by atoms with Crippen molar-refractivity contribution in [3.05, 3.63) is 23.3 Å². The first-order valence-corrected chi connectivity index (χ1v) is 5.04. The minimum Gasteiger partial charge on any atom is -0.465 e. The van der Waals surface area contributed by atoms with Crippen molar-refractivity contribution in [2.75, 3.05) is 7.11 Å². The van der Waals surface area contributed by atoms with E-state index in [1.165, 1.54) is 7.11 Å². The SMILES string of the molecule is COC(=O)c1ccc(C)c2c1OC(C)(C)O2. The Morgan fingerprint density at radius 3 is 2.50 bits per heavy atom. The molecule has 86 valence electrons. The van der Waals surface area contributed by atoms with E-state index in [2.05, 4.69) is 0 Å². The van der Waals surface area contributed by atoms with Crippen molar-refractivity contribution in [2.45, 2.75) is 26.6 Å². The topological polar surface area (TPSA) is 44.8 Å². The first-order valence-electron chi connectivity index (χ1n) is 5.04. The number of hydrogen-bond acceptors (Lipinski definition) is 4. The van der Waals surface area contributed by atoms with Gasteiger partial charge >= 0.3 is 5.97 Å². The lowest BCUT2D eigenvalue weighted by Gasteiger charge is -2.16. The number of rotatable bonds is 1. The summed E-state index contributed by atoms with van der Waals surface area (Å²) >= 11 is 0. The van der Waals surface area contributed by atoms with Gasteiger partial charge in [0.1, 0.15) is 5.56 Å². The van der Waals surface area contributed by atoms with Crippen molar-refractivity contribution in [3.63, 3.8) is 0 Å². The van der Waals surface area contributed by atoms with Gasteiger partial charge < -0.3 is 14.2 Å². The first kappa shape index (κ1) is 10.8. The molecule has 0 aliphatic carbocycles. The van der Waals surface area contributed by atoms with Gasteiger partial charge in [0.15, 0.2) is 11.5 Å². The summed E-state index contributed by atoms with van der Waals surface area (Å²) in [5.74, 6) is -0.0701. The van der Waals surface area contributed by atoms with Gasteiger partial charge in [0, 0.05) is 13.8 Å². The fourth-order valence-corrected chi connectivity index (χ4v) is 1.67. The van der Waals surface area contributed by atoms with Gasteiger partial charge in [0.05, 0.1) is 7.11 Å². The van der Waals surface area contributed by atoms with Crippen molar-refractivity contribution in [2.24, 2.45) is 0 Å². The second kappa shape index (κ2) is 3.40. The summed E-state index contributed by atoms with van der Waals surface area (Å²) in [5.41, 5.74) is 1.34. The van der Waals surface area contributed by atoms with Crippen molar-refractivity contribution < 1.29 is 19.0 Å². The molecule has 1 heterocycles. The highest BCUT2D eigenvalue weighted by atomic mass is 16.7. The van der Waals surface area contributed by atoms with Gasteiger partial charge in [-0.3, -0.25) is 0 Å². The van der Waals surface area contributed by atoms with Gasteiger partial charge in [-0.2, -0.15) is 0 Å². The van der Waals surface area contributed by atoms with Gasteiger partial charge in [-0.15, -0.1) is 0 Å². The van der Waals surface area contributed by atoms with Crippen LogP contribution in [0.3, 0.4) is 0 Å². The summed E-state index contributed by atoms with van der Waals surface area (Å²) in [4.78, 5) is 11.5. The van der Waals surface area contributed by atoms with E-state index in [0.717, 1.165) is 5.56 Å². The van der Waals surface area contributed by atoms with Crippen LogP contribution in [-0.2, 0) is 4.74 Å². The molecule has 1 aromatic rings. The molecule has 0 bridgehead atoms. The number of fused-ring (bicyclic) bond motifs is 1. The molecule has 0 N–H and O–H groups in total. The number of carbonyl (C=O) groups excluding carboxylic acids is 1. The second-order valence-electron chi connectivity index (χ2n) is 4.18. The van der Waals surface area contributed by atoms with Crippen molar-refractivity contribution in [1.82, 2.24) is 0 Å². The molecule has 1 aromatic carbocycles. The summed E-state index contributed by atoms with van der Waals surface area (Å²) in [5, 5.41) is 0. The molecule has 4 nitrogen and oxygen atoms in total. The molecule has 0 atom stereocenters. The molecule has 4 heteroatoms. The van der Waals surface area contributed by atoms with E-state index in [0.29, 0.717) is 17.1 Å². The molecule has 0 saturated carbocycles. The van der Waals surface area contributed by atoms with Crippen LogP contribution in [0.5, 0.6) is 11.5 Å². The Balaban J connectivity index is 2.54. The standard InChI is InChI=1S/C12H14O4/c1-7-5-6-8(11(13)14-4)10-9(7)15-12(2,3)16-10/h5-6H,1-4H3. The monoisotopic (exact) mass is 222 g/mol. The lowest BCUT2D eigenvalue weighted by atomic mass is 10.1. The zero-order valence-electron chi connectivity index (χ0n) is 9.79. The molecule has 0 saturated heterocycles. The van der Waals surface area contributed by atoms with Gasteiger partial charge in [-0.1, -0.05) is 6.07 Å². The molecule has 0 spiro atoms. The molecule has 0 unspecified atom stereocenters. The van der Waals surface area contributed by atoms with Gasteiger partial charge in [-0.05, 0) is 18.6 Å². The minimum atomic E-state index is -0.739. The second-order valence-corrected chi connectivity index (χ2v) is 4.18. The first-order chi connectivity index (χ1) is 7.44. The lowest BCUT2D eigenvalue weighted by molar-refractivity contribution is -0.0437. The van der Waals surface area contributed by atoms with Crippen LogP contribution in [0, 0.1) is 6.92 Å². The maximum absolute atomic E-state index is 11.5. The fraction of sp³-hybridized carbons (Fsp3) is 0.417. The Morgan fingerprint density at radius 1 is 1.25 bits per heavy atom. The Bertz CT molecular complexity index is 449. The summed E-state index contributed by atoms with van der Waals surface area (Å²) in [7, 11) is 1.34. The smallest absolute Gasteiger partial charge is 0.341 e. The third-order valence-corrected chi connectivity index (χ3v) is 2.41. The number of benzene rings is 1. The Kier molecular flexibility index (Phi) is 2.30. The van der Waals surface area contributed by atoms with Gasteiger partial charge in [0.2, 0.25) is 5.79 Å². The Morgan fingerprint density at radius 2 is 1.88 bits per heavy atom. The van der Waals surface area contributed by atoms with Gasteiger partial charge in [0.25, 0.3) is 0 Å². The maximum atomic E-state index is 11.5. The zero-order valence-corrected chi connectivity index (χ0v) is 9.79. The van der Waals surface area contributed by atoms with E-state index < -0.39 is 11.8 Å². The molecule has 1 aliphatic rings. The molecular formula is C12H14O4. The number of hydrogen-bond donors (Lipinski definition) is 0. The largest absolute Gasteiger partial charge is 0.465 e. The van der Waals surface area contributed by atoms with Crippen molar-refractivity contribution in [3.8, 4) is 11.5 Å². The number of methoxy groups -OCH3 is 1. The average Bonchev–Trinajstić information content (AvgIpc) is 2.54. The molecule has 2 rings (SSSR count). The van der Waals surface area contributed by atoms with E-state index in [4.69, 9.17) is 14.2 Å². The zero-order chi connectivity index (χ0) is 11.9. The van der Waals surface area contributed by atoms with E-state index in [1.54, 1.807) is 19.9 Å². The van der Waals surface area contributed by atoms with E-state index in [1.807, 2.05) is 13.0 Å². The summed E-state index contributed by atoms with van der Waals surface area (Å²) in [6, 6.07) is 3.50. The van der Waals surface area contributed by atoms with E-state index in [-0.39, 0.29) is 0 Å². The molecule has 0 amide bonds. The maximum Gasteiger partial charge on any atom is 0.341 e. The predicted octanol–water partition coefficient (Wildman–Crippen LogP) is 2.29. The fourth-order valence-electron chi connectivity index (χ4n) is 1.67. The molecule has 16 heavy (non-hydrogen) atoms. The highest BCUT2D eigenvalue weighted by Gasteiger charge is 2.36. The summed E-state index contributed by atoms with van der Waals surface area (Å²) < 4.78 is 15.9. The van der Waals surface area contributed by atoms with E-state index in [9.17, 15) is 4.79 Å². The van der Waals surface area contributed by atoms with Crippen LogP contribution in [0.2, 0.25) is 0 Å². The molecular weight excluding hydrogens is 208 g/mol. The molecule has 1 aliphatic heterocycles. The van der Waals surface area contributed by atoms with E-state index >= 15 is 0 Å². The summed E-state index contributed by atoms with van der Waals surface area (Å²) in [6.45, 7) is 5.51. The van der Waals surface area contributed by atoms with Gasteiger partial charge in [-0.25, -0.2) is 4.79 Å². The average molecular weight is 222 g/mol. The lowest BCUT2D eigenvalue weighted by Crippen LogP contribution is -2.30. The summed E-state index contributed by atoms with van der Waals surface area (Å²) in [6.07, 6.45) is 0. The highest BCUT2D eigenvalue weighted by Crippen LogP contribution is 2.44. The normalized spacial score (nSPS) is 16.0. The third kappa shape index (κ3) is 1.60. The van der Waals surface area contributed by atoms with Crippen LogP contribution >= 0.6 is 0 Å². The number of carbonyl (C=O) groups is 1. The van der Waals surface area contributed by atoms with Crippen LogP contribution < -0.4 is 9.47 Å². The number of esters is 1. The quantitative estimate of drug-likeness (QED) is 0.684. The minimum absolute atomic E-state index is 0.397.